The van der Waals surface area contributed by atoms with E-state index in [1.807, 2.05) is 41.3 Å². The highest BCUT2D eigenvalue weighted by molar-refractivity contribution is 7.98. The number of nitrogens with zero attached hydrogens (tertiary/aromatic N) is 4. The number of rotatable bonds is 15. The van der Waals surface area contributed by atoms with Crippen molar-refractivity contribution in [2.75, 3.05) is 33.3 Å². The first kappa shape index (κ1) is 32.9. The largest absolute Gasteiger partial charge is 0.490 e. The lowest BCUT2D eigenvalue weighted by molar-refractivity contribution is -0.132. The monoisotopic (exact) mass is 620 g/mol. The summed E-state index contributed by atoms with van der Waals surface area (Å²) in [6, 6.07) is 21.5. The molecular formula is C34H38F2N4O3S. The molecule has 0 N–H and O–H groups in total. The number of aromatic nitrogens is 2. The average molecular weight is 621 g/mol. The van der Waals surface area contributed by atoms with Gasteiger partial charge in [-0.3, -0.25) is 9.59 Å². The van der Waals surface area contributed by atoms with Crippen LogP contribution in [0.4, 0.5) is 8.78 Å². The van der Waals surface area contributed by atoms with Gasteiger partial charge in [0.1, 0.15) is 19.0 Å². The van der Waals surface area contributed by atoms with Gasteiger partial charge in [-0.15, -0.1) is 0 Å². The minimum atomic E-state index is -0.518. The fourth-order valence-corrected chi connectivity index (χ4v) is 5.62. The molecule has 10 heteroatoms. The zero-order valence-electron chi connectivity index (χ0n) is 25.3. The summed E-state index contributed by atoms with van der Waals surface area (Å²) in [5, 5.41) is 0.375. The lowest BCUT2D eigenvalue weighted by atomic mass is 10.0. The van der Waals surface area contributed by atoms with Crippen LogP contribution in [0.2, 0.25) is 0 Å². The van der Waals surface area contributed by atoms with E-state index in [1.54, 1.807) is 28.8 Å². The van der Waals surface area contributed by atoms with Crippen molar-refractivity contribution in [2.24, 2.45) is 0 Å². The topological polar surface area (TPSA) is 67.7 Å². The van der Waals surface area contributed by atoms with Crippen molar-refractivity contribution in [1.82, 2.24) is 19.4 Å². The molecular weight excluding hydrogens is 582 g/mol. The summed E-state index contributed by atoms with van der Waals surface area (Å²) in [4.78, 5) is 34.7. The predicted molar refractivity (Wildman–Crippen MR) is 171 cm³/mol. The molecule has 4 aromatic rings. The number of likely N-dealkylation sites (N-methyl/N-ethyl adjacent to an activating group) is 1. The van der Waals surface area contributed by atoms with Gasteiger partial charge in [-0.2, -0.15) is 4.98 Å². The first-order valence-electron chi connectivity index (χ1n) is 14.6. The zero-order chi connectivity index (χ0) is 31.5. The highest BCUT2D eigenvalue weighted by Gasteiger charge is 2.19. The smallest absolute Gasteiger partial charge is 0.315 e. The van der Waals surface area contributed by atoms with Crippen molar-refractivity contribution in [3.63, 3.8) is 0 Å². The maximum Gasteiger partial charge on any atom is 0.315 e. The van der Waals surface area contributed by atoms with Crippen LogP contribution in [0.1, 0.15) is 30.5 Å². The van der Waals surface area contributed by atoms with Crippen LogP contribution in [0.15, 0.2) is 88.9 Å². The maximum absolute atomic E-state index is 13.9. The van der Waals surface area contributed by atoms with Crippen molar-refractivity contribution in [1.29, 1.82) is 0 Å². The lowest BCUT2D eigenvalue weighted by Crippen LogP contribution is -2.40. The van der Waals surface area contributed by atoms with Crippen molar-refractivity contribution in [2.45, 2.75) is 44.5 Å². The van der Waals surface area contributed by atoms with Crippen LogP contribution < -0.4 is 10.3 Å². The first-order valence-corrected chi connectivity index (χ1v) is 15.6. The molecule has 0 unspecified atom stereocenters. The van der Waals surface area contributed by atoms with Crippen molar-refractivity contribution in [3.05, 3.63) is 112 Å². The molecule has 1 aromatic heterocycles. The standard InChI is InChI=1S/C34H38F2N4O3S/c1-4-38(5-2)18-19-39(21-26-8-14-29(15-9-26)28-12-6-25(20-35)7-13-28)32(41)23-40-22-31(43-3)33(42)37-34(40)44-24-27-10-16-30(36)17-11-27/h6-17,22H,4-5,18-21,23-24H2,1-3H3. The molecule has 0 saturated carbocycles. The summed E-state index contributed by atoms with van der Waals surface area (Å²) in [6.07, 6.45) is 1.52. The summed E-state index contributed by atoms with van der Waals surface area (Å²) < 4.78 is 33.2. The zero-order valence-corrected chi connectivity index (χ0v) is 26.2. The van der Waals surface area contributed by atoms with Crippen molar-refractivity contribution in [3.8, 4) is 16.9 Å². The van der Waals surface area contributed by atoms with Gasteiger partial charge in [0.15, 0.2) is 5.16 Å². The van der Waals surface area contributed by atoms with Gasteiger partial charge < -0.3 is 19.1 Å². The second-order valence-electron chi connectivity index (χ2n) is 10.3. The van der Waals surface area contributed by atoms with Gasteiger partial charge in [0, 0.05) is 25.4 Å². The number of alkyl halides is 1. The normalized spacial score (nSPS) is 11.1. The molecule has 0 atom stereocenters. The Kier molecular flexibility index (Phi) is 12.1. The predicted octanol–water partition coefficient (Wildman–Crippen LogP) is 6.19. The van der Waals surface area contributed by atoms with E-state index in [0.717, 1.165) is 41.9 Å². The highest BCUT2D eigenvalue weighted by atomic mass is 32.2. The molecule has 0 aliphatic heterocycles. The Morgan fingerprint density at radius 3 is 2.05 bits per heavy atom. The number of thioether (sulfide) groups is 1. The molecule has 3 aromatic carbocycles. The minimum Gasteiger partial charge on any atom is -0.490 e. The third-order valence-electron chi connectivity index (χ3n) is 7.44. The molecule has 0 spiro atoms. The highest BCUT2D eigenvalue weighted by Crippen LogP contribution is 2.23. The number of amides is 1. The Bertz CT molecular complexity index is 1560. The number of ether oxygens (including phenoxy) is 1. The summed E-state index contributed by atoms with van der Waals surface area (Å²) in [6.45, 7) is 7.06. The molecule has 44 heavy (non-hydrogen) atoms. The molecule has 0 fully saturated rings. The molecule has 0 aliphatic rings. The van der Waals surface area contributed by atoms with Crippen LogP contribution in [0.3, 0.4) is 0 Å². The molecule has 0 aliphatic carbocycles. The van der Waals surface area contributed by atoms with Crippen molar-refractivity contribution >= 4 is 17.7 Å². The van der Waals surface area contributed by atoms with Crippen LogP contribution in [0.25, 0.3) is 11.1 Å². The van der Waals surface area contributed by atoms with E-state index < -0.39 is 12.2 Å². The van der Waals surface area contributed by atoms with E-state index in [0.29, 0.717) is 29.6 Å². The SMILES string of the molecule is CCN(CC)CCN(Cc1ccc(-c2ccc(CF)cc2)cc1)C(=O)Cn1cc(OC)c(=O)nc1SCc1ccc(F)cc1. The van der Waals surface area contributed by atoms with Gasteiger partial charge in [0.05, 0.1) is 13.3 Å². The van der Waals surface area contributed by atoms with Crippen LogP contribution in [0.5, 0.6) is 5.75 Å². The van der Waals surface area contributed by atoms with Gasteiger partial charge in [-0.05, 0) is 53.0 Å². The molecule has 4 rings (SSSR count). The molecule has 232 valence electrons. The number of halogens is 2. The number of hydrogen-bond acceptors (Lipinski definition) is 6. The lowest BCUT2D eigenvalue weighted by Gasteiger charge is -2.27. The Morgan fingerprint density at radius 1 is 0.886 bits per heavy atom. The van der Waals surface area contributed by atoms with E-state index in [2.05, 4.69) is 23.7 Å². The fraction of sp³-hybridized carbons (Fsp3) is 0.324. The number of carbonyl (C=O) groups is 1. The minimum absolute atomic E-state index is 0.0351. The van der Waals surface area contributed by atoms with E-state index in [-0.39, 0.29) is 24.0 Å². The van der Waals surface area contributed by atoms with Gasteiger partial charge in [-0.25, -0.2) is 8.78 Å². The van der Waals surface area contributed by atoms with Gasteiger partial charge >= 0.3 is 5.56 Å². The number of methoxy groups -OCH3 is 1. The van der Waals surface area contributed by atoms with E-state index >= 15 is 0 Å². The molecule has 1 heterocycles. The average Bonchev–Trinajstić information content (AvgIpc) is 3.05. The van der Waals surface area contributed by atoms with Crippen LogP contribution in [0, 0.1) is 5.82 Å². The van der Waals surface area contributed by atoms with Crippen LogP contribution in [-0.2, 0) is 30.3 Å². The van der Waals surface area contributed by atoms with Gasteiger partial charge in [0.2, 0.25) is 11.7 Å². The summed E-state index contributed by atoms with van der Waals surface area (Å²) >= 11 is 1.30. The second-order valence-corrected chi connectivity index (χ2v) is 11.3. The van der Waals surface area contributed by atoms with E-state index in [9.17, 15) is 18.4 Å². The van der Waals surface area contributed by atoms with Crippen molar-refractivity contribution < 1.29 is 18.3 Å². The van der Waals surface area contributed by atoms with E-state index in [1.165, 1.54) is 37.2 Å². The maximum atomic E-state index is 13.9. The van der Waals surface area contributed by atoms with Gasteiger partial charge in [0.25, 0.3) is 0 Å². The summed E-state index contributed by atoms with van der Waals surface area (Å²) in [7, 11) is 1.39. The first-order chi connectivity index (χ1) is 21.3. The van der Waals surface area contributed by atoms with Gasteiger partial charge in [-0.1, -0.05) is 86.3 Å². The fourth-order valence-electron chi connectivity index (χ4n) is 4.70. The number of benzene rings is 3. The number of hydrogen-bond donors (Lipinski definition) is 0. The summed E-state index contributed by atoms with van der Waals surface area (Å²) in [5.74, 6) is 0.0466. The molecule has 7 nitrogen and oxygen atoms in total. The third kappa shape index (κ3) is 9.00. The third-order valence-corrected chi connectivity index (χ3v) is 8.50. The Labute approximate surface area is 261 Å². The molecule has 0 radical (unpaired) electrons. The second kappa shape index (κ2) is 16.2. The molecule has 1 amide bonds. The van der Waals surface area contributed by atoms with E-state index in [4.69, 9.17) is 4.74 Å². The molecule has 0 saturated heterocycles. The van der Waals surface area contributed by atoms with Crippen LogP contribution in [-0.4, -0.2) is 58.5 Å². The quantitative estimate of drug-likeness (QED) is 0.117. The number of carbonyl (C=O) groups excluding carboxylic acids is 1. The Morgan fingerprint density at radius 2 is 1.48 bits per heavy atom. The Hall–Kier alpha value is -4.02. The Balaban J connectivity index is 1.55. The molecule has 0 bridgehead atoms. The summed E-state index contributed by atoms with van der Waals surface area (Å²) in [5.41, 5.74) is 3.96. The van der Waals surface area contributed by atoms with Crippen LogP contribution >= 0.6 is 11.8 Å².